The van der Waals surface area contributed by atoms with Crippen LogP contribution in [-0.2, 0) is 30.2 Å². The monoisotopic (exact) mass is 547 g/mol. The van der Waals surface area contributed by atoms with E-state index in [9.17, 15) is 9.59 Å². The van der Waals surface area contributed by atoms with Crippen molar-refractivity contribution >= 4 is 34.5 Å². The fourth-order valence-corrected chi connectivity index (χ4v) is 5.03. The van der Waals surface area contributed by atoms with Crippen LogP contribution in [0.1, 0.15) is 44.2 Å². The Balaban J connectivity index is 1.30. The first-order valence-corrected chi connectivity index (χ1v) is 14.4. The van der Waals surface area contributed by atoms with E-state index < -0.39 is 5.41 Å². The van der Waals surface area contributed by atoms with Crippen molar-refractivity contribution in [3.63, 3.8) is 0 Å². The van der Waals surface area contributed by atoms with Gasteiger partial charge >= 0.3 is 0 Å². The molecule has 210 valence electrons. The smallest absolute Gasteiger partial charge is 0.226 e. The molecule has 38 heavy (non-hydrogen) atoms. The third-order valence-corrected chi connectivity index (χ3v) is 7.11. The molecule has 3 rings (SSSR count). The van der Waals surface area contributed by atoms with E-state index in [1.54, 1.807) is 6.20 Å². The Kier molecular flexibility index (Phi) is 14.2. The number of ether oxygens (including phenoxy) is 3. The first kappa shape index (κ1) is 30.1. The van der Waals surface area contributed by atoms with Gasteiger partial charge in [-0.1, -0.05) is 25.3 Å². The van der Waals surface area contributed by atoms with Crippen LogP contribution in [0.2, 0.25) is 0 Å². The summed E-state index contributed by atoms with van der Waals surface area (Å²) in [5.74, 6) is 0.837. The van der Waals surface area contributed by atoms with Crippen LogP contribution in [0.4, 0.5) is 10.9 Å². The number of aromatic nitrogens is 2. The molecule has 1 saturated carbocycles. The van der Waals surface area contributed by atoms with Gasteiger partial charge in [-0.05, 0) is 25.0 Å². The maximum Gasteiger partial charge on any atom is 0.226 e. The lowest BCUT2D eigenvalue weighted by Crippen LogP contribution is -2.45. The molecule has 0 saturated heterocycles. The molecule has 10 nitrogen and oxygen atoms in total. The maximum atomic E-state index is 13.3. The van der Waals surface area contributed by atoms with Crippen molar-refractivity contribution in [2.45, 2.75) is 44.9 Å². The van der Waals surface area contributed by atoms with Gasteiger partial charge in [0.2, 0.25) is 5.91 Å². The number of amides is 1. The minimum absolute atomic E-state index is 0.0925. The number of carbonyl (C=O) groups excluding carboxylic acids is 2. The van der Waals surface area contributed by atoms with Gasteiger partial charge in [0.1, 0.15) is 12.1 Å². The molecule has 3 N–H and O–H groups in total. The van der Waals surface area contributed by atoms with Crippen LogP contribution in [-0.4, -0.2) is 81.4 Å². The van der Waals surface area contributed by atoms with Crippen LogP contribution >= 0.6 is 11.3 Å². The molecule has 11 heteroatoms. The van der Waals surface area contributed by atoms with E-state index in [0.29, 0.717) is 65.6 Å². The molecule has 0 bridgehead atoms. The number of carbonyl (C=O) groups is 2. The Morgan fingerprint density at radius 3 is 2.42 bits per heavy atom. The summed E-state index contributed by atoms with van der Waals surface area (Å²) in [6.07, 6.45) is 8.81. The van der Waals surface area contributed by atoms with Crippen molar-refractivity contribution < 1.29 is 23.8 Å². The van der Waals surface area contributed by atoms with Crippen molar-refractivity contribution in [3.05, 3.63) is 35.5 Å². The molecule has 2 heterocycles. The molecule has 1 amide bonds. The zero-order valence-electron chi connectivity index (χ0n) is 22.1. The summed E-state index contributed by atoms with van der Waals surface area (Å²) in [7, 11) is 0. The number of thiazole rings is 1. The predicted octanol–water partition coefficient (Wildman–Crippen LogP) is 3.12. The Bertz CT molecular complexity index is 924. The summed E-state index contributed by atoms with van der Waals surface area (Å²) in [4.78, 5) is 32.6. The number of hydrogen-bond acceptors (Lipinski definition) is 10. The summed E-state index contributed by atoms with van der Waals surface area (Å²) in [6.45, 7) is 4.88. The van der Waals surface area contributed by atoms with E-state index in [1.807, 2.05) is 23.6 Å². The van der Waals surface area contributed by atoms with Gasteiger partial charge in [0, 0.05) is 49.7 Å². The van der Waals surface area contributed by atoms with Crippen molar-refractivity contribution in [2.75, 3.05) is 64.6 Å². The van der Waals surface area contributed by atoms with Crippen LogP contribution in [0.5, 0.6) is 0 Å². The number of aldehydes is 1. The van der Waals surface area contributed by atoms with Crippen LogP contribution in [0.15, 0.2) is 29.8 Å². The molecule has 0 aliphatic heterocycles. The minimum atomic E-state index is -0.432. The van der Waals surface area contributed by atoms with Gasteiger partial charge in [-0.15, -0.1) is 11.3 Å². The van der Waals surface area contributed by atoms with Crippen LogP contribution in [0.3, 0.4) is 0 Å². The van der Waals surface area contributed by atoms with Gasteiger partial charge in [-0.2, -0.15) is 0 Å². The molecule has 1 aliphatic carbocycles. The summed E-state index contributed by atoms with van der Waals surface area (Å²) >= 11 is 1.53. The fraction of sp³-hybridized carbons (Fsp3) is 0.630. The maximum absolute atomic E-state index is 13.3. The van der Waals surface area contributed by atoms with E-state index in [1.165, 1.54) is 17.8 Å². The lowest BCUT2D eigenvalue weighted by Gasteiger charge is -2.35. The first-order valence-electron chi connectivity index (χ1n) is 13.5. The van der Waals surface area contributed by atoms with Crippen molar-refractivity contribution in [1.82, 2.24) is 20.6 Å². The Hall–Kier alpha value is -2.44. The normalized spacial score (nSPS) is 14.7. The molecule has 2 aromatic rings. The Morgan fingerprint density at radius 1 is 0.974 bits per heavy atom. The van der Waals surface area contributed by atoms with Gasteiger partial charge in [0.05, 0.1) is 45.1 Å². The van der Waals surface area contributed by atoms with E-state index in [4.69, 9.17) is 19.2 Å². The van der Waals surface area contributed by atoms with Gasteiger partial charge in [-0.3, -0.25) is 4.79 Å². The van der Waals surface area contributed by atoms with Crippen molar-refractivity contribution in [1.29, 1.82) is 0 Å². The van der Waals surface area contributed by atoms with Crippen molar-refractivity contribution in [2.24, 2.45) is 5.41 Å². The minimum Gasteiger partial charge on any atom is -0.378 e. The van der Waals surface area contributed by atoms with E-state index in [0.717, 1.165) is 55.2 Å². The molecule has 1 aliphatic rings. The summed E-state index contributed by atoms with van der Waals surface area (Å²) in [6, 6.07) is 5.89. The van der Waals surface area contributed by atoms with Crippen LogP contribution in [0.25, 0.3) is 0 Å². The molecular weight excluding hydrogens is 506 g/mol. The second-order valence-electron chi connectivity index (χ2n) is 9.29. The largest absolute Gasteiger partial charge is 0.378 e. The third-order valence-electron chi connectivity index (χ3n) is 6.42. The highest BCUT2D eigenvalue weighted by Crippen LogP contribution is 2.39. The average molecular weight is 548 g/mol. The van der Waals surface area contributed by atoms with Crippen LogP contribution < -0.4 is 16.0 Å². The average Bonchev–Trinajstić information content (AvgIpc) is 3.44. The number of pyridine rings is 1. The van der Waals surface area contributed by atoms with Crippen molar-refractivity contribution in [3.8, 4) is 0 Å². The second kappa shape index (κ2) is 18.0. The molecule has 2 aromatic heterocycles. The first-order chi connectivity index (χ1) is 18.7. The van der Waals surface area contributed by atoms with E-state index >= 15 is 0 Å². The van der Waals surface area contributed by atoms with E-state index in [2.05, 4.69) is 20.9 Å². The summed E-state index contributed by atoms with van der Waals surface area (Å²) < 4.78 is 16.6. The van der Waals surface area contributed by atoms with Gasteiger partial charge in [-0.25, -0.2) is 9.97 Å². The lowest BCUT2D eigenvalue weighted by atomic mass is 9.70. The highest BCUT2D eigenvalue weighted by molar-refractivity contribution is 7.13. The zero-order chi connectivity index (χ0) is 26.7. The molecule has 0 atom stereocenters. The summed E-state index contributed by atoms with van der Waals surface area (Å²) in [5.41, 5.74) is 0.480. The zero-order valence-corrected chi connectivity index (χ0v) is 22.9. The highest BCUT2D eigenvalue weighted by Gasteiger charge is 2.39. The Morgan fingerprint density at radius 2 is 1.71 bits per heavy atom. The molecule has 0 aromatic carbocycles. The number of anilines is 2. The van der Waals surface area contributed by atoms with Crippen LogP contribution in [0, 0.1) is 5.41 Å². The highest BCUT2D eigenvalue weighted by atomic mass is 32.1. The summed E-state index contributed by atoms with van der Waals surface area (Å²) in [5, 5.41) is 12.2. The topological polar surface area (TPSA) is 124 Å². The molecule has 0 radical (unpaired) electrons. The van der Waals surface area contributed by atoms with E-state index in [-0.39, 0.29) is 5.91 Å². The number of nitrogens with one attached hydrogen (secondary N) is 3. The fourth-order valence-electron chi connectivity index (χ4n) is 4.50. The molecular formula is C27H41N5O5S. The Labute approximate surface area is 229 Å². The lowest BCUT2D eigenvalue weighted by molar-refractivity contribution is -0.133. The SMILES string of the molecule is O=CCCNCCOCCOCCOCCNC(=O)C1(Cc2cccc(Nc3nccs3)n2)CCCCC1. The third kappa shape index (κ3) is 11.1. The quantitative estimate of drug-likeness (QED) is 0.169. The van der Waals surface area contributed by atoms with Gasteiger partial charge in [0.25, 0.3) is 0 Å². The standard InChI is InChI=1S/C27H41N5O5S/c33-14-5-10-28-11-15-35-17-19-37-20-18-36-16-12-29-25(34)27(8-2-1-3-9-27)22-23-6-4-7-24(31-23)32-26-30-13-21-38-26/h4,6-7,13-14,21,28H,1-3,5,8-12,15-20,22H2,(H,29,34)(H,30,31,32). The number of hydrogen-bond donors (Lipinski definition) is 3. The number of nitrogens with zero attached hydrogens (tertiary/aromatic N) is 2. The molecule has 1 fully saturated rings. The van der Waals surface area contributed by atoms with Gasteiger partial charge < -0.3 is 35.0 Å². The molecule has 0 unspecified atom stereocenters. The second-order valence-corrected chi connectivity index (χ2v) is 10.2. The molecule has 0 spiro atoms. The predicted molar refractivity (Wildman–Crippen MR) is 148 cm³/mol. The number of rotatable bonds is 20. The van der Waals surface area contributed by atoms with Gasteiger partial charge in [0.15, 0.2) is 5.13 Å².